The van der Waals surface area contributed by atoms with E-state index in [2.05, 4.69) is 46.5 Å². The summed E-state index contributed by atoms with van der Waals surface area (Å²) in [5.74, 6) is 1.47. The van der Waals surface area contributed by atoms with Crippen molar-refractivity contribution in [1.29, 1.82) is 0 Å². The van der Waals surface area contributed by atoms with Crippen LogP contribution in [-0.2, 0) is 19.5 Å². The molecule has 4 nitrogen and oxygen atoms in total. The van der Waals surface area contributed by atoms with Gasteiger partial charge in [-0.25, -0.2) is 9.97 Å². The molecule has 0 amide bonds. The Morgan fingerprint density at radius 3 is 2.53 bits per heavy atom. The lowest BCUT2D eigenvalue weighted by Crippen LogP contribution is -2.07. The van der Waals surface area contributed by atoms with E-state index in [-0.39, 0.29) is 0 Å². The molecule has 0 aliphatic carbocycles. The minimum absolute atomic E-state index is 0.362. The molecule has 0 bridgehead atoms. The Bertz CT molecular complexity index is 508. The van der Waals surface area contributed by atoms with Crippen LogP contribution >= 0.6 is 0 Å². The molecule has 0 unspecified atom stereocenters. The fourth-order valence-corrected chi connectivity index (χ4v) is 1.90. The second kappa shape index (κ2) is 6.85. The van der Waals surface area contributed by atoms with Crippen molar-refractivity contribution in [3.8, 4) is 0 Å². The maximum absolute atomic E-state index is 5.52. The van der Waals surface area contributed by atoms with Gasteiger partial charge < -0.3 is 11.1 Å². The van der Waals surface area contributed by atoms with Gasteiger partial charge in [0.25, 0.3) is 0 Å². The molecule has 0 spiro atoms. The van der Waals surface area contributed by atoms with Gasteiger partial charge in [-0.05, 0) is 23.6 Å². The van der Waals surface area contributed by atoms with Crippen molar-refractivity contribution < 1.29 is 0 Å². The Hall–Kier alpha value is -1.94. The Morgan fingerprint density at radius 1 is 1.11 bits per heavy atom. The average Bonchev–Trinajstić information content (AvgIpc) is 2.47. The molecule has 0 saturated carbocycles. The Kier molecular flexibility index (Phi) is 4.86. The largest absolute Gasteiger partial charge is 0.366 e. The quantitative estimate of drug-likeness (QED) is 0.833. The summed E-state index contributed by atoms with van der Waals surface area (Å²) < 4.78 is 0. The number of nitrogens with one attached hydrogen (secondary N) is 1. The number of aryl methyl sites for hydroxylation is 1. The number of benzene rings is 1. The Morgan fingerprint density at radius 2 is 1.84 bits per heavy atom. The number of rotatable bonds is 6. The minimum Gasteiger partial charge on any atom is -0.366 e. The van der Waals surface area contributed by atoms with Crippen molar-refractivity contribution >= 4 is 5.82 Å². The summed E-state index contributed by atoms with van der Waals surface area (Å²) in [6.07, 6.45) is 4.04. The van der Waals surface area contributed by atoms with E-state index in [1.807, 2.05) is 6.07 Å². The van der Waals surface area contributed by atoms with Crippen LogP contribution in [0.2, 0.25) is 0 Å². The van der Waals surface area contributed by atoms with Gasteiger partial charge in [0.1, 0.15) is 11.6 Å². The van der Waals surface area contributed by atoms with E-state index in [0.717, 1.165) is 18.8 Å². The van der Waals surface area contributed by atoms with Crippen molar-refractivity contribution in [2.75, 3.05) is 5.32 Å². The third-order valence-corrected chi connectivity index (χ3v) is 2.92. The van der Waals surface area contributed by atoms with Crippen LogP contribution in [0.4, 0.5) is 5.82 Å². The number of aromatic nitrogens is 2. The summed E-state index contributed by atoms with van der Waals surface area (Å²) >= 11 is 0. The van der Waals surface area contributed by atoms with Gasteiger partial charge in [0, 0.05) is 12.7 Å². The first-order valence-corrected chi connectivity index (χ1v) is 6.65. The molecule has 4 heteroatoms. The summed E-state index contributed by atoms with van der Waals surface area (Å²) in [5, 5.41) is 3.28. The van der Waals surface area contributed by atoms with Gasteiger partial charge in [0.15, 0.2) is 0 Å². The maximum Gasteiger partial charge on any atom is 0.144 e. The molecule has 1 heterocycles. The summed E-state index contributed by atoms with van der Waals surface area (Å²) in [5.41, 5.74) is 8.15. The number of hydrogen-bond acceptors (Lipinski definition) is 4. The van der Waals surface area contributed by atoms with Crippen LogP contribution < -0.4 is 11.1 Å². The summed E-state index contributed by atoms with van der Waals surface area (Å²) in [7, 11) is 0. The van der Waals surface area contributed by atoms with E-state index in [0.29, 0.717) is 12.4 Å². The zero-order valence-electron chi connectivity index (χ0n) is 11.3. The second-order valence-corrected chi connectivity index (χ2v) is 4.48. The Labute approximate surface area is 114 Å². The standard InChI is InChI=1S/C15H20N4/c1-2-3-12-4-6-13(7-5-12)11-18-14-8-9-17-15(10-16)19-14/h4-9H,2-3,10-11,16H2,1H3,(H,17,18,19). The number of hydrogen-bond donors (Lipinski definition) is 2. The SMILES string of the molecule is CCCc1ccc(CNc2ccnc(CN)n2)cc1. The zero-order valence-corrected chi connectivity index (χ0v) is 11.3. The van der Waals surface area contributed by atoms with Crippen LogP contribution in [0.25, 0.3) is 0 Å². The van der Waals surface area contributed by atoms with Gasteiger partial charge in [-0.1, -0.05) is 37.6 Å². The molecule has 19 heavy (non-hydrogen) atoms. The zero-order chi connectivity index (χ0) is 13.5. The lowest BCUT2D eigenvalue weighted by molar-refractivity contribution is 0.903. The van der Waals surface area contributed by atoms with Crippen molar-refractivity contribution in [2.24, 2.45) is 5.73 Å². The van der Waals surface area contributed by atoms with Gasteiger partial charge in [-0.15, -0.1) is 0 Å². The molecule has 0 fully saturated rings. The van der Waals surface area contributed by atoms with Crippen LogP contribution in [0.15, 0.2) is 36.5 Å². The summed E-state index contributed by atoms with van der Waals surface area (Å²) in [6, 6.07) is 10.5. The molecule has 2 rings (SSSR count). The van der Waals surface area contributed by atoms with E-state index in [1.165, 1.54) is 17.5 Å². The van der Waals surface area contributed by atoms with Crippen molar-refractivity contribution in [3.05, 3.63) is 53.5 Å². The smallest absolute Gasteiger partial charge is 0.144 e. The molecule has 0 aliphatic heterocycles. The highest BCUT2D eigenvalue weighted by Gasteiger charge is 1.98. The van der Waals surface area contributed by atoms with E-state index in [4.69, 9.17) is 5.73 Å². The highest BCUT2D eigenvalue weighted by molar-refractivity contribution is 5.35. The molecule has 100 valence electrons. The molecular formula is C15H20N4. The molecule has 0 aliphatic rings. The fraction of sp³-hybridized carbons (Fsp3) is 0.333. The van der Waals surface area contributed by atoms with E-state index >= 15 is 0 Å². The van der Waals surface area contributed by atoms with Crippen LogP contribution in [0.3, 0.4) is 0 Å². The molecule has 3 N–H and O–H groups in total. The van der Waals surface area contributed by atoms with E-state index < -0.39 is 0 Å². The fourth-order valence-electron chi connectivity index (χ4n) is 1.90. The van der Waals surface area contributed by atoms with Gasteiger partial charge in [0.2, 0.25) is 0 Å². The van der Waals surface area contributed by atoms with Crippen molar-refractivity contribution in [1.82, 2.24) is 9.97 Å². The first-order valence-electron chi connectivity index (χ1n) is 6.65. The summed E-state index contributed by atoms with van der Waals surface area (Å²) in [6.45, 7) is 3.31. The van der Waals surface area contributed by atoms with Gasteiger partial charge in [0.05, 0.1) is 6.54 Å². The van der Waals surface area contributed by atoms with Gasteiger partial charge in [-0.2, -0.15) is 0 Å². The van der Waals surface area contributed by atoms with E-state index in [1.54, 1.807) is 6.20 Å². The molecule has 0 atom stereocenters. The van der Waals surface area contributed by atoms with Crippen molar-refractivity contribution in [2.45, 2.75) is 32.9 Å². The predicted molar refractivity (Wildman–Crippen MR) is 77.7 cm³/mol. The monoisotopic (exact) mass is 256 g/mol. The molecule has 0 saturated heterocycles. The summed E-state index contributed by atoms with van der Waals surface area (Å²) in [4.78, 5) is 8.37. The van der Waals surface area contributed by atoms with Crippen LogP contribution in [0.1, 0.15) is 30.3 Å². The van der Waals surface area contributed by atoms with E-state index in [9.17, 15) is 0 Å². The third kappa shape index (κ3) is 4.03. The number of anilines is 1. The first kappa shape index (κ1) is 13.5. The van der Waals surface area contributed by atoms with Crippen LogP contribution in [-0.4, -0.2) is 9.97 Å². The predicted octanol–water partition coefficient (Wildman–Crippen LogP) is 2.50. The maximum atomic E-state index is 5.52. The highest BCUT2D eigenvalue weighted by atomic mass is 15.0. The van der Waals surface area contributed by atoms with Gasteiger partial charge >= 0.3 is 0 Å². The highest BCUT2D eigenvalue weighted by Crippen LogP contribution is 2.09. The molecule has 1 aromatic carbocycles. The first-order chi connectivity index (χ1) is 9.31. The molecule has 2 aromatic rings. The third-order valence-electron chi connectivity index (χ3n) is 2.92. The molecular weight excluding hydrogens is 236 g/mol. The average molecular weight is 256 g/mol. The lowest BCUT2D eigenvalue weighted by Gasteiger charge is -2.07. The van der Waals surface area contributed by atoms with Crippen LogP contribution in [0.5, 0.6) is 0 Å². The Balaban J connectivity index is 1.94. The topological polar surface area (TPSA) is 63.8 Å². The normalized spacial score (nSPS) is 10.4. The second-order valence-electron chi connectivity index (χ2n) is 4.48. The lowest BCUT2D eigenvalue weighted by atomic mass is 10.1. The molecule has 1 aromatic heterocycles. The molecule has 0 radical (unpaired) electrons. The number of nitrogens with two attached hydrogens (primary N) is 1. The van der Waals surface area contributed by atoms with Crippen molar-refractivity contribution in [3.63, 3.8) is 0 Å². The number of nitrogens with zero attached hydrogens (tertiary/aromatic N) is 2. The minimum atomic E-state index is 0.362. The van der Waals surface area contributed by atoms with Crippen LogP contribution in [0, 0.1) is 0 Å². The van der Waals surface area contributed by atoms with Gasteiger partial charge in [-0.3, -0.25) is 0 Å².